The van der Waals surface area contributed by atoms with Gasteiger partial charge in [-0.05, 0) is 33.4 Å². The predicted molar refractivity (Wildman–Crippen MR) is 79.4 cm³/mol. The topological polar surface area (TPSA) is 67.1 Å². The van der Waals surface area contributed by atoms with Crippen molar-refractivity contribution in [3.8, 4) is 0 Å². The van der Waals surface area contributed by atoms with Crippen LogP contribution in [0.15, 0.2) is 0 Å². The van der Waals surface area contributed by atoms with Crippen LogP contribution in [0.1, 0.15) is 44.0 Å². The molecule has 1 unspecified atom stereocenters. The fourth-order valence-electron chi connectivity index (χ4n) is 2.43. The number of hydrogen-bond acceptors (Lipinski definition) is 5. The summed E-state index contributed by atoms with van der Waals surface area (Å²) >= 11 is 0. The molecule has 0 bridgehead atoms. The first-order valence-corrected chi connectivity index (χ1v) is 7.06. The number of likely N-dealkylation sites (tertiary alicyclic amines) is 1. The Balaban J connectivity index is 2.19. The van der Waals surface area contributed by atoms with E-state index < -0.39 is 0 Å². The molecule has 1 aromatic heterocycles. The van der Waals surface area contributed by atoms with Gasteiger partial charge in [-0.2, -0.15) is 0 Å². The second-order valence-electron chi connectivity index (χ2n) is 5.84. The van der Waals surface area contributed by atoms with Crippen LogP contribution in [0.25, 0.3) is 0 Å². The summed E-state index contributed by atoms with van der Waals surface area (Å²) in [5, 5.41) is 3.54. The maximum atomic E-state index is 5.99. The lowest BCUT2D eigenvalue weighted by Gasteiger charge is -2.31. The largest absolute Gasteiger partial charge is 0.383 e. The van der Waals surface area contributed by atoms with Crippen LogP contribution < -0.4 is 11.1 Å². The van der Waals surface area contributed by atoms with Crippen LogP contribution in [-0.4, -0.2) is 41.0 Å². The Labute approximate surface area is 115 Å². The third-order valence-electron chi connectivity index (χ3n) is 3.68. The van der Waals surface area contributed by atoms with Gasteiger partial charge in [0.05, 0.1) is 0 Å². The Morgan fingerprint density at radius 3 is 2.74 bits per heavy atom. The van der Waals surface area contributed by atoms with Crippen molar-refractivity contribution in [3.63, 3.8) is 0 Å². The number of nitrogens with two attached hydrogens (primary N) is 1. The second kappa shape index (κ2) is 5.74. The van der Waals surface area contributed by atoms with Crippen molar-refractivity contribution in [2.75, 3.05) is 31.2 Å². The zero-order valence-electron chi connectivity index (χ0n) is 12.4. The Morgan fingerprint density at radius 2 is 2.11 bits per heavy atom. The number of likely N-dealkylation sites (N-methyl/N-ethyl adjacent to an activating group) is 1. The van der Waals surface area contributed by atoms with Crippen molar-refractivity contribution in [2.24, 2.45) is 0 Å². The SMILES string of the molecule is Cc1c(N)nc(C(C)C)nc1NC1CCCN(C)C1. The number of anilines is 2. The molecule has 0 saturated carbocycles. The molecule has 1 atom stereocenters. The first-order valence-electron chi connectivity index (χ1n) is 7.06. The van der Waals surface area contributed by atoms with Crippen molar-refractivity contribution >= 4 is 11.6 Å². The maximum absolute atomic E-state index is 5.99. The van der Waals surface area contributed by atoms with E-state index in [-0.39, 0.29) is 5.92 Å². The van der Waals surface area contributed by atoms with E-state index in [0.29, 0.717) is 11.9 Å². The van der Waals surface area contributed by atoms with E-state index in [1.165, 1.54) is 19.4 Å². The summed E-state index contributed by atoms with van der Waals surface area (Å²) in [6, 6.07) is 0.451. The number of piperidine rings is 1. The van der Waals surface area contributed by atoms with Crippen LogP contribution in [-0.2, 0) is 0 Å². The first-order chi connectivity index (χ1) is 8.97. The molecule has 0 amide bonds. The van der Waals surface area contributed by atoms with Gasteiger partial charge in [0.25, 0.3) is 0 Å². The Hall–Kier alpha value is -1.36. The molecule has 5 nitrogen and oxygen atoms in total. The molecule has 1 aliphatic heterocycles. The highest BCUT2D eigenvalue weighted by Crippen LogP contribution is 2.23. The van der Waals surface area contributed by atoms with Crippen LogP contribution in [0.2, 0.25) is 0 Å². The molecular formula is C14H25N5. The molecule has 1 saturated heterocycles. The van der Waals surface area contributed by atoms with Crippen LogP contribution in [0.5, 0.6) is 0 Å². The van der Waals surface area contributed by atoms with Gasteiger partial charge in [-0.25, -0.2) is 9.97 Å². The molecule has 1 fully saturated rings. The highest BCUT2D eigenvalue weighted by Gasteiger charge is 2.19. The van der Waals surface area contributed by atoms with Crippen LogP contribution in [0, 0.1) is 6.92 Å². The minimum absolute atomic E-state index is 0.289. The number of nitrogens with zero attached hydrogens (tertiary/aromatic N) is 3. The minimum Gasteiger partial charge on any atom is -0.383 e. The third-order valence-corrected chi connectivity index (χ3v) is 3.68. The summed E-state index contributed by atoms with van der Waals surface area (Å²) in [6.07, 6.45) is 2.41. The molecule has 2 heterocycles. The van der Waals surface area contributed by atoms with Gasteiger partial charge in [-0.3, -0.25) is 0 Å². The molecule has 1 aliphatic rings. The van der Waals surface area contributed by atoms with E-state index in [4.69, 9.17) is 5.73 Å². The average Bonchev–Trinajstić information content (AvgIpc) is 2.34. The van der Waals surface area contributed by atoms with Gasteiger partial charge in [-0.1, -0.05) is 13.8 Å². The zero-order chi connectivity index (χ0) is 14.0. The molecule has 3 N–H and O–H groups in total. The van der Waals surface area contributed by atoms with E-state index >= 15 is 0 Å². The summed E-state index contributed by atoms with van der Waals surface area (Å²) in [7, 11) is 2.16. The summed E-state index contributed by atoms with van der Waals surface area (Å²) < 4.78 is 0. The molecule has 0 radical (unpaired) electrons. The van der Waals surface area contributed by atoms with Crippen molar-refractivity contribution < 1.29 is 0 Å². The van der Waals surface area contributed by atoms with Crippen molar-refractivity contribution in [1.82, 2.24) is 14.9 Å². The predicted octanol–water partition coefficient (Wildman–Crippen LogP) is 2.00. The van der Waals surface area contributed by atoms with Crippen LogP contribution in [0.3, 0.4) is 0 Å². The van der Waals surface area contributed by atoms with Gasteiger partial charge < -0.3 is 16.0 Å². The molecular weight excluding hydrogens is 238 g/mol. The van der Waals surface area contributed by atoms with Crippen LogP contribution in [0.4, 0.5) is 11.6 Å². The fraction of sp³-hybridized carbons (Fsp3) is 0.714. The normalized spacial score (nSPS) is 20.8. The van der Waals surface area contributed by atoms with Gasteiger partial charge in [0.1, 0.15) is 17.5 Å². The quantitative estimate of drug-likeness (QED) is 0.873. The smallest absolute Gasteiger partial charge is 0.135 e. The monoisotopic (exact) mass is 263 g/mol. The highest BCUT2D eigenvalue weighted by atomic mass is 15.2. The Morgan fingerprint density at radius 1 is 1.37 bits per heavy atom. The molecule has 19 heavy (non-hydrogen) atoms. The molecule has 2 rings (SSSR count). The Bertz CT molecular complexity index is 444. The lowest BCUT2D eigenvalue weighted by atomic mass is 10.1. The van der Waals surface area contributed by atoms with Crippen LogP contribution >= 0.6 is 0 Å². The van der Waals surface area contributed by atoms with E-state index in [9.17, 15) is 0 Å². The van der Waals surface area contributed by atoms with E-state index in [1.54, 1.807) is 0 Å². The van der Waals surface area contributed by atoms with E-state index in [2.05, 4.69) is 41.1 Å². The van der Waals surface area contributed by atoms with Gasteiger partial charge in [0, 0.05) is 24.1 Å². The summed E-state index contributed by atoms with van der Waals surface area (Å²) in [5.41, 5.74) is 6.95. The van der Waals surface area contributed by atoms with E-state index in [0.717, 1.165) is 23.8 Å². The molecule has 0 aliphatic carbocycles. The van der Waals surface area contributed by atoms with Gasteiger partial charge in [0.2, 0.25) is 0 Å². The van der Waals surface area contributed by atoms with Gasteiger partial charge >= 0.3 is 0 Å². The third kappa shape index (κ3) is 3.35. The minimum atomic E-state index is 0.289. The number of aromatic nitrogens is 2. The first kappa shape index (κ1) is 14.1. The molecule has 5 heteroatoms. The van der Waals surface area contributed by atoms with Gasteiger partial charge in [0.15, 0.2) is 0 Å². The lowest BCUT2D eigenvalue weighted by molar-refractivity contribution is 0.260. The molecule has 106 valence electrons. The summed E-state index contributed by atoms with van der Waals surface area (Å²) in [6.45, 7) is 8.39. The van der Waals surface area contributed by atoms with Crippen molar-refractivity contribution in [2.45, 2.75) is 45.6 Å². The number of hydrogen-bond donors (Lipinski definition) is 2. The van der Waals surface area contributed by atoms with E-state index in [1.807, 2.05) is 6.92 Å². The zero-order valence-corrected chi connectivity index (χ0v) is 12.4. The lowest BCUT2D eigenvalue weighted by Crippen LogP contribution is -2.40. The average molecular weight is 263 g/mol. The standard InChI is InChI=1S/C14H25N5/c1-9(2)13-17-12(15)10(3)14(18-13)16-11-6-5-7-19(4)8-11/h9,11H,5-8H2,1-4H3,(H3,15,16,17,18). The molecule has 0 aromatic carbocycles. The second-order valence-corrected chi connectivity index (χ2v) is 5.84. The number of rotatable bonds is 3. The number of nitrogen functional groups attached to an aromatic ring is 1. The maximum Gasteiger partial charge on any atom is 0.135 e. The van der Waals surface area contributed by atoms with Gasteiger partial charge in [-0.15, -0.1) is 0 Å². The van der Waals surface area contributed by atoms with Crippen molar-refractivity contribution in [1.29, 1.82) is 0 Å². The fourth-order valence-corrected chi connectivity index (χ4v) is 2.43. The molecule has 1 aromatic rings. The summed E-state index contributed by atoms with van der Waals surface area (Å²) in [4.78, 5) is 11.3. The highest BCUT2D eigenvalue weighted by molar-refractivity contribution is 5.55. The Kier molecular flexibility index (Phi) is 4.24. The number of nitrogens with one attached hydrogen (secondary N) is 1. The summed E-state index contributed by atoms with van der Waals surface area (Å²) in [5.74, 6) is 2.59. The van der Waals surface area contributed by atoms with Crippen molar-refractivity contribution in [3.05, 3.63) is 11.4 Å². The molecule has 0 spiro atoms.